The fourth-order valence-electron chi connectivity index (χ4n) is 4.73. The Kier molecular flexibility index (Phi) is 3.06. The van der Waals surface area contributed by atoms with Gasteiger partial charge in [0.25, 0.3) is 0 Å². The molecule has 2 bridgehead atoms. The highest BCUT2D eigenvalue weighted by molar-refractivity contribution is 6.04. The number of ketones is 1. The first-order chi connectivity index (χ1) is 11.3. The van der Waals surface area contributed by atoms with E-state index in [-0.39, 0.29) is 17.1 Å². The summed E-state index contributed by atoms with van der Waals surface area (Å²) in [5.74, 6) is 1.51. The number of fused-ring (bicyclic) bond motifs is 3. The molecule has 2 fully saturated rings. The van der Waals surface area contributed by atoms with E-state index < -0.39 is 10.8 Å². The lowest BCUT2D eigenvalue weighted by molar-refractivity contribution is -0.131. The van der Waals surface area contributed by atoms with Crippen molar-refractivity contribution in [3.8, 4) is 11.5 Å². The summed E-state index contributed by atoms with van der Waals surface area (Å²) in [7, 11) is 0. The van der Waals surface area contributed by atoms with Crippen molar-refractivity contribution >= 4 is 17.4 Å². The van der Waals surface area contributed by atoms with Crippen molar-refractivity contribution in [1.29, 1.82) is 0 Å². The van der Waals surface area contributed by atoms with Crippen LogP contribution in [0.15, 0.2) is 18.2 Å². The molecule has 0 spiro atoms. The fourth-order valence-corrected chi connectivity index (χ4v) is 4.73. The minimum absolute atomic E-state index is 0.0567. The molecule has 1 N–H and O–H groups in total. The number of hydrogen-bond acceptors (Lipinski definition) is 4. The SMILES string of the molecule is CC1(C)[C@@]2(C(=O)Nc3ccc4c(c3)OCCO4)CC[C@]1(C)C(=O)C2. The summed E-state index contributed by atoms with van der Waals surface area (Å²) >= 11 is 0. The van der Waals surface area contributed by atoms with E-state index in [1.165, 1.54) is 0 Å². The summed E-state index contributed by atoms with van der Waals surface area (Å²) in [5, 5.41) is 3.02. The van der Waals surface area contributed by atoms with Gasteiger partial charge in [-0.25, -0.2) is 0 Å². The summed E-state index contributed by atoms with van der Waals surface area (Å²) in [6, 6.07) is 5.42. The second-order valence-corrected chi connectivity index (χ2v) is 7.95. The Balaban J connectivity index is 1.62. The number of nitrogens with one attached hydrogen (secondary N) is 1. The molecule has 1 aromatic carbocycles. The first-order valence-corrected chi connectivity index (χ1v) is 8.55. The summed E-state index contributed by atoms with van der Waals surface area (Å²) in [5.41, 5.74) is -0.666. The number of carbonyl (C=O) groups is 2. The minimum Gasteiger partial charge on any atom is -0.486 e. The smallest absolute Gasteiger partial charge is 0.231 e. The van der Waals surface area contributed by atoms with Gasteiger partial charge in [-0.2, -0.15) is 0 Å². The topological polar surface area (TPSA) is 64.6 Å². The molecule has 0 saturated heterocycles. The Morgan fingerprint density at radius 3 is 2.42 bits per heavy atom. The van der Waals surface area contributed by atoms with Gasteiger partial charge in [0.1, 0.15) is 19.0 Å². The first kappa shape index (κ1) is 15.5. The second-order valence-electron chi connectivity index (χ2n) is 7.95. The molecule has 0 radical (unpaired) electrons. The third-order valence-corrected chi connectivity index (χ3v) is 6.94. The quantitative estimate of drug-likeness (QED) is 0.905. The number of amides is 1. The van der Waals surface area contributed by atoms with Gasteiger partial charge in [0.2, 0.25) is 5.91 Å². The molecular formula is C19H23NO4. The first-order valence-electron chi connectivity index (χ1n) is 8.55. The van der Waals surface area contributed by atoms with E-state index in [9.17, 15) is 9.59 Å². The number of benzene rings is 1. The van der Waals surface area contributed by atoms with Gasteiger partial charge in [-0.05, 0) is 30.4 Å². The molecule has 1 aliphatic heterocycles. The molecule has 4 rings (SSSR count). The predicted octanol–water partition coefficient (Wildman–Crippen LogP) is 3.18. The highest BCUT2D eigenvalue weighted by atomic mass is 16.6. The summed E-state index contributed by atoms with van der Waals surface area (Å²) in [6.45, 7) is 7.19. The zero-order chi connectivity index (χ0) is 17.2. The molecule has 1 aromatic rings. The molecule has 3 aliphatic rings. The summed E-state index contributed by atoms with van der Waals surface area (Å²) in [4.78, 5) is 25.6. The van der Waals surface area contributed by atoms with Crippen LogP contribution in [0.1, 0.15) is 40.0 Å². The van der Waals surface area contributed by atoms with Gasteiger partial charge >= 0.3 is 0 Å². The van der Waals surface area contributed by atoms with Crippen LogP contribution >= 0.6 is 0 Å². The minimum atomic E-state index is -0.619. The lowest BCUT2D eigenvalue weighted by Crippen LogP contribution is -2.43. The third-order valence-electron chi connectivity index (χ3n) is 6.94. The number of anilines is 1. The van der Waals surface area contributed by atoms with Gasteiger partial charge in [0, 0.05) is 23.6 Å². The van der Waals surface area contributed by atoms with Crippen LogP contribution in [0.5, 0.6) is 11.5 Å². The van der Waals surface area contributed by atoms with Gasteiger partial charge in [-0.1, -0.05) is 20.8 Å². The van der Waals surface area contributed by atoms with Gasteiger partial charge in [-0.15, -0.1) is 0 Å². The van der Waals surface area contributed by atoms with Crippen LogP contribution in [0, 0.1) is 16.2 Å². The Morgan fingerprint density at radius 1 is 1.08 bits per heavy atom. The lowest BCUT2D eigenvalue weighted by Gasteiger charge is -2.38. The Labute approximate surface area is 141 Å². The van der Waals surface area contributed by atoms with Crippen LogP contribution in [0.25, 0.3) is 0 Å². The average Bonchev–Trinajstić information content (AvgIpc) is 2.85. The monoisotopic (exact) mass is 329 g/mol. The zero-order valence-electron chi connectivity index (χ0n) is 14.4. The van der Waals surface area contributed by atoms with Crippen LogP contribution in [-0.2, 0) is 9.59 Å². The zero-order valence-corrected chi connectivity index (χ0v) is 14.4. The number of carbonyl (C=O) groups excluding carboxylic acids is 2. The predicted molar refractivity (Wildman–Crippen MR) is 89.2 cm³/mol. The van der Waals surface area contributed by atoms with Crippen LogP contribution < -0.4 is 14.8 Å². The van der Waals surface area contributed by atoms with Crippen molar-refractivity contribution in [3.05, 3.63) is 18.2 Å². The lowest BCUT2D eigenvalue weighted by atomic mass is 9.64. The van der Waals surface area contributed by atoms with Crippen LogP contribution in [0.3, 0.4) is 0 Å². The molecule has 2 atom stereocenters. The average molecular weight is 329 g/mol. The van der Waals surface area contributed by atoms with Gasteiger partial charge < -0.3 is 14.8 Å². The van der Waals surface area contributed by atoms with Gasteiger partial charge in [0.05, 0.1) is 5.41 Å². The Morgan fingerprint density at radius 2 is 1.79 bits per heavy atom. The molecule has 128 valence electrons. The van der Waals surface area contributed by atoms with E-state index in [1.807, 2.05) is 19.1 Å². The van der Waals surface area contributed by atoms with Crippen molar-refractivity contribution < 1.29 is 19.1 Å². The molecule has 0 unspecified atom stereocenters. The molecule has 1 heterocycles. The second kappa shape index (κ2) is 4.74. The maximum atomic E-state index is 13.1. The third kappa shape index (κ3) is 1.75. The van der Waals surface area contributed by atoms with Crippen molar-refractivity contribution in [2.24, 2.45) is 16.2 Å². The Hall–Kier alpha value is -2.04. The van der Waals surface area contributed by atoms with Gasteiger partial charge in [-0.3, -0.25) is 9.59 Å². The summed E-state index contributed by atoms with van der Waals surface area (Å²) in [6.07, 6.45) is 1.89. The number of rotatable bonds is 2. The molecule has 5 heteroatoms. The van der Waals surface area contributed by atoms with Crippen molar-refractivity contribution in [2.75, 3.05) is 18.5 Å². The van der Waals surface area contributed by atoms with Crippen molar-refractivity contribution in [1.82, 2.24) is 0 Å². The number of hydrogen-bond donors (Lipinski definition) is 1. The maximum absolute atomic E-state index is 13.1. The number of Topliss-reactive ketones (excluding diaryl/α,β-unsaturated/α-hetero) is 1. The highest BCUT2D eigenvalue weighted by Crippen LogP contribution is 2.70. The molecule has 0 aromatic heterocycles. The molecule has 5 nitrogen and oxygen atoms in total. The normalized spacial score (nSPS) is 32.7. The van der Waals surface area contributed by atoms with E-state index in [4.69, 9.17) is 9.47 Å². The van der Waals surface area contributed by atoms with Crippen molar-refractivity contribution in [2.45, 2.75) is 40.0 Å². The molecule has 2 saturated carbocycles. The van der Waals surface area contributed by atoms with E-state index in [0.717, 1.165) is 12.8 Å². The maximum Gasteiger partial charge on any atom is 0.231 e. The molecule has 1 amide bonds. The molecule has 2 aliphatic carbocycles. The fraction of sp³-hybridized carbons (Fsp3) is 0.579. The molecule has 24 heavy (non-hydrogen) atoms. The number of ether oxygens (including phenoxy) is 2. The largest absolute Gasteiger partial charge is 0.486 e. The Bertz CT molecular complexity index is 741. The van der Waals surface area contributed by atoms with E-state index in [1.54, 1.807) is 6.07 Å². The standard InChI is InChI=1S/C19H23NO4/c1-17(2)18(3)6-7-19(17,11-15(18)21)16(22)20-12-4-5-13-14(10-12)24-9-8-23-13/h4-5,10H,6-9,11H2,1-3H3,(H,20,22)/t18-,19+/m1/s1. The van der Waals surface area contributed by atoms with E-state index >= 15 is 0 Å². The molecular weight excluding hydrogens is 306 g/mol. The van der Waals surface area contributed by atoms with Crippen molar-refractivity contribution in [3.63, 3.8) is 0 Å². The summed E-state index contributed by atoms with van der Waals surface area (Å²) < 4.78 is 11.1. The van der Waals surface area contributed by atoms with E-state index in [2.05, 4.69) is 19.2 Å². The van der Waals surface area contributed by atoms with Gasteiger partial charge in [0.15, 0.2) is 11.5 Å². The van der Waals surface area contributed by atoms with E-state index in [0.29, 0.717) is 36.8 Å². The highest BCUT2D eigenvalue weighted by Gasteiger charge is 2.72. The van der Waals surface area contributed by atoms with Crippen LogP contribution in [-0.4, -0.2) is 24.9 Å². The van der Waals surface area contributed by atoms with Crippen LogP contribution in [0.2, 0.25) is 0 Å². The van der Waals surface area contributed by atoms with Crippen LogP contribution in [0.4, 0.5) is 5.69 Å².